The predicted octanol–water partition coefficient (Wildman–Crippen LogP) is 2.86. The van der Waals surface area contributed by atoms with Gasteiger partial charge in [0.1, 0.15) is 5.78 Å². The van der Waals surface area contributed by atoms with E-state index >= 15 is 0 Å². The van der Waals surface area contributed by atoms with Crippen LogP contribution in [0.25, 0.3) is 10.9 Å². The number of para-hydroxylation sites is 1. The van der Waals surface area contributed by atoms with E-state index in [1.165, 1.54) is 0 Å². The quantitative estimate of drug-likeness (QED) is 0.918. The highest BCUT2D eigenvalue weighted by Gasteiger charge is 2.32. The minimum absolute atomic E-state index is 0.0823. The lowest BCUT2D eigenvalue weighted by Crippen LogP contribution is -2.28. The molecule has 5 nitrogen and oxygen atoms in total. The van der Waals surface area contributed by atoms with Crippen LogP contribution in [-0.2, 0) is 4.79 Å². The van der Waals surface area contributed by atoms with Gasteiger partial charge in [0.25, 0.3) is 5.91 Å². The second-order valence-corrected chi connectivity index (χ2v) is 6.12. The van der Waals surface area contributed by atoms with Crippen LogP contribution in [0.5, 0.6) is 0 Å². The molecule has 2 aromatic rings. The molecule has 3 rings (SSSR count). The average molecular weight is 321 g/mol. The number of rotatable bonds is 5. The van der Waals surface area contributed by atoms with Crippen molar-refractivity contribution >= 4 is 22.6 Å². The molecular formula is C19H19N3O2. The van der Waals surface area contributed by atoms with Gasteiger partial charge in [0, 0.05) is 30.5 Å². The third-order valence-electron chi connectivity index (χ3n) is 4.65. The first-order valence-corrected chi connectivity index (χ1v) is 8.25. The maximum absolute atomic E-state index is 12.4. The first-order valence-electron chi connectivity index (χ1n) is 8.25. The number of pyridine rings is 1. The second kappa shape index (κ2) is 7.22. The third kappa shape index (κ3) is 3.28. The number of nitrogens with zero attached hydrogens (tertiary/aromatic N) is 2. The van der Waals surface area contributed by atoms with Crippen LogP contribution in [0.2, 0.25) is 0 Å². The Kier molecular flexibility index (Phi) is 4.85. The highest BCUT2D eigenvalue weighted by atomic mass is 16.2. The molecule has 122 valence electrons. The Balaban J connectivity index is 1.60. The van der Waals surface area contributed by atoms with Gasteiger partial charge in [-0.2, -0.15) is 5.26 Å². The molecule has 5 heteroatoms. The molecule has 0 radical (unpaired) electrons. The predicted molar refractivity (Wildman–Crippen MR) is 90.1 cm³/mol. The van der Waals surface area contributed by atoms with Gasteiger partial charge >= 0.3 is 0 Å². The maximum atomic E-state index is 12.4. The summed E-state index contributed by atoms with van der Waals surface area (Å²) in [5.74, 6) is -0.436. The molecule has 24 heavy (non-hydrogen) atoms. The number of amides is 1. The molecule has 1 amide bonds. The van der Waals surface area contributed by atoms with Gasteiger partial charge in [-0.15, -0.1) is 0 Å². The monoisotopic (exact) mass is 321 g/mol. The summed E-state index contributed by atoms with van der Waals surface area (Å²) in [7, 11) is 0. The van der Waals surface area contributed by atoms with E-state index in [2.05, 4.69) is 16.4 Å². The van der Waals surface area contributed by atoms with Crippen LogP contribution < -0.4 is 5.32 Å². The van der Waals surface area contributed by atoms with E-state index in [1.807, 2.05) is 24.3 Å². The number of carbonyl (C=O) groups excluding carboxylic acids is 2. The highest BCUT2D eigenvalue weighted by Crippen LogP contribution is 2.32. The minimum atomic E-state index is -0.204. The molecule has 1 fully saturated rings. The van der Waals surface area contributed by atoms with Gasteiger partial charge in [0.2, 0.25) is 0 Å². The van der Waals surface area contributed by atoms with Crippen LogP contribution in [0.4, 0.5) is 0 Å². The summed E-state index contributed by atoms with van der Waals surface area (Å²) < 4.78 is 0. The molecule has 2 unspecified atom stereocenters. The van der Waals surface area contributed by atoms with Crippen LogP contribution >= 0.6 is 0 Å². The minimum Gasteiger partial charge on any atom is -0.352 e. The number of aromatic nitrogens is 1. The van der Waals surface area contributed by atoms with Crippen molar-refractivity contribution in [1.29, 1.82) is 5.26 Å². The molecule has 1 aromatic carbocycles. The number of Topliss-reactive ketones (excluding diaryl/α,β-unsaturated/α-hetero) is 1. The van der Waals surface area contributed by atoms with Gasteiger partial charge in [-0.3, -0.25) is 14.6 Å². The number of ketones is 1. The van der Waals surface area contributed by atoms with Crippen molar-refractivity contribution in [3.05, 3.63) is 42.1 Å². The zero-order valence-corrected chi connectivity index (χ0v) is 13.4. The Bertz CT molecular complexity index is 804. The van der Waals surface area contributed by atoms with Crippen molar-refractivity contribution in [1.82, 2.24) is 10.3 Å². The van der Waals surface area contributed by atoms with Crippen molar-refractivity contribution in [2.24, 2.45) is 11.8 Å². The van der Waals surface area contributed by atoms with Gasteiger partial charge in [-0.1, -0.05) is 24.6 Å². The van der Waals surface area contributed by atoms with Crippen molar-refractivity contribution in [2.75, 3.05) is 6.54 Å². The Labute approximate surface area is 140 Å². The molecule has 1 aromatic heterocycles. The van der Waals surface area contributed by atoms with E-state index in [9.17, 15) is 9.59 Å². The molecule has 0 saturated heterocycles. The lowest BCUT2D eigenvalue weighted by atomic mass is 9.91. The maximum Gasteiger partial charge on any atom is 0.252 e. The molecule has 0 bridgehead atoms. The van der Waals surface area contributed by atoms with E-state index < -0.39 is 0 Å². The summed E-state index contributed by atoms with van der Waals surface area (Å²) >= 11 is 0. The zero-order valence-electron chi connectivity index (χ0n) is 13.4. The SMILES string of the molecule is N#CC1CCCC1C(=O)CCNC(=O)c1ccnc2ccccc12. The first-order chi connectivity index (χ1) is 11.7. The number of hydrogen-bond acceptors (Lipinski definition) is 4. The van der Waals surface area contributed by atoms with E-state index in [0.717, 1.165) is 30.2 Å². The molecule has 2 atom stereocenters. The van der Waals surface area contributed by atoms with Gasteiger partial charge < -0.3 is 5.32 Å². The first kappa shape index (κ1) is 16.1. The van der Waals surface area contributed by atoms with Crippen molar-refractivity contribution in [3.8, 4) is 6.07 Å². The summed E-state index contributed by atoms with van der Waals surface area (Å²) in [5.41, 5.74) is 1.33. The fraction of sp³-hybridized carbons (Fsp3) is 0.368. The Morgan fingerprint density at radius 1 is 1.25 bits per heavy atom. The van der Waals surface area contributed by atoms with Gasteiger partial charge in [-0.05, 0) is 25.0 Å². The molecule has 1 aliphatic carbocycles. The van der Waals surface area contributed by atoms with E-state index in [0.29, 0.717) is 12.1 Å². The number of carbonyl (C=O) groups is 2. The molecule has 1 N–H and O–H groups in total. The molecular weight excluding hydrogens is 302 g/mol. The topological polar surface area (TPSA) is 82.9 Å². The van der Waals surface area contributed by atoms with Crippen molar-refractivity contribution < 1.29 is 9.59 Å². The third-order valence-corrected chi connectivity index (χ3v) is 4.65. The lowest BCUT2D eigenvalue weighted by Gasteiger charge is -2.12. The van der Waals surface area contributed by atoms with E-state index in [4.69, 9.17) is 5.26 Å². The Morgan fingerprint density at radius 3 is 2.92 bits per heavy atom. The Hall–Kier alpha value is -2.74. The van der Waals surface area contributed by atoms with Gasteiger partial charge in [-0.25, -0.2) is 0 Å². The smallest absolute Gasteiger partial charge is 0.252 e. The summed E-state index contributed by atoms with van der Waals surface area (Å²) in [4.78, 5) is 28.9. The fourth-order valence-electron chi connectivity index (χ4n) is 3.37. The van der Waals surface area contributed by atoms with Crippen LogP contribution in [0.1, 0.15) is 36.0 Å². The van der Waals surface area contributed by atoms with Crippen LogP contribution in [-0.4, -0.2) is 23.2 Å². The standard InChI is InChI=1S/C19H19N3O2/c20-12-13-4-3-6-14(13)18(23)9-11-22-19(24)16-8-10-21-17-7-2-1-5-15(16)17/h1-2,5,7-8,10,13-14H,3-4,6,9,11H2,(H,22,24). The largest absolute Gasteiger partial charge is 0.352 e. The van der Waals surface area contributed by atoms with Crippen molar-refractivity contribution in [3.63, 3.8) is 0 Å². The zero-order chi connectivity index (χ0) is 16.9. The number of nitriles is 1. The van der Waals surface area contributed by atoms with Crippen LogP contribution in [0.15, 0.2) is 36.5 Å². The number of fused-ring (bicyclic) bond motifs is 1. The van der Waals surface area contributed by atoms with Gasteiger partial charge in [0.05, 0.1) is 23.1 Å². The fourth-order valence-corrected chi connectivity index (χ4v) is 3.37. The average Bonchev–Trinajstić information content (AvgIpc) is 3.10. The van der Waals surface area contributed by atoms with Crippen LogP contribution in [0.3, 0.4) is 0 Å². The van der Waals surface area contributed by atoms with E-state index in [1.54, 1.807) is 12.3 Å². The van der Waals surface area contributed by atoms with Crippen molar-refractivity contribution in [2.45, 2.75) is 25.7 Å². The lowest BCUT2D eigenvalue weighted by molar-refractivity contribution is -0.123. The highest BCUT2D eigenvalue weighted by molar-refractivity contribution is 6.06. The second-order valence-electron chi connectivity index (χ2n) is 6.12. The summed E-state index contributed by atoms with van der Waals surface area (Å²) in [6.45, 7) is 0.295. The van der Waals surface area contributed by atoms with Gasteiger partial charge in [0.15, 0.2) is 0 Å². The summed E-state index contributed by atoms with van der Waals surface area (Å²) in [6.07, 6.45) is 4.42. The number of hydrogen-bond donors (Lipinski definition) is 1. The normalized spacial score (nSPS) is 19.8. The van der Waals surface area contributed by atoms with Crippen LogP contribution in [0, 0.1) is 23.2 Å². The summed E-state index contributed by atoms with van der Waals surface area (Å²) in [6, 6.07) is 11.4. The van der Waals surface area contributed by atoms with E-state index in [-0.39, 0.29) is 29.9 Å². The number of benzene rings is 1. The molecule has 1 aliphatic rings. The molecule has 1 saturated carbocycles. The molecule has 0 spiro atoms. The molecule has 1 heterocycles. The Morgan fingerprint density at radius 2 is 2.08 bits per heavy atom. The number of nitrogens with one attached hydrogen (secondary N) is 1. The molecule has 0 aliphatic heterocycles. The summed E-state index contributed by atoms with van der Waals surface area (Å²) in [5, 5.41) is 12.7.